The van der Waals surface area contributed by atoms with Crippen LogP contribution in [0.25, 0.3) is 22.3 Å². The summed E-state index contributed by atoms with van der Waals surface area (Å²) < 4.78 is 0. The molecule has 0 spiro atoms. The van der Waals surface area contributed by atoms with Gasteiger partial charge in [-0.2, -0.15) is 0 Å². The van der Waals surface area contributed by atoms with Gasteiger partial charge in [0.2, 0.25) is 0 Å². The first-order valence-corrected chi connectivity index (χ1v) is 8.90. The fraction of sp³-hybridized carbons (Fsp3) is 0. The minimum absolute atomic E-state index is 0.283. The number of benzene rings is 2. The average Bonchev–Trinajstić information content (AvgIpc) is 2.58. The van der Waals surface area contributed by atoms with Crippen LogP contribution in [0.15, 0.2) is 42.7 Å². The number of rotatable bonds is 2. The first-order chi connectivity index (χ1) is 11.4. The van der Waals surface area contributed by atoms with Crippen LogP contribution in [0.1, 0.15) is 0 Å². The van der Waals surface area contributed by atoms with Gasteiger partial charge in [-0.1, -0.05) is 81.7 Å². The van der Waals surface area contributed by atoms with Gasteiger partial charge in [-0.15, -0.1) is 0 Å². The van der Waals surface area contributed by atoms with Crippen molar-refractivity contribution in [3.05, 3.63) is 72.9 Å². The molecule has 24 heavy (non-hydrogen) atoms. The zero-order valence-electron chi connectivity index (χ0n) is 11.8. The van der Waals surface area contributed by atoms with Gasteiger partial charge in [0.25, 0.3) is 0 Å². The van der Waals surface area contributed by atoms with Gasteiger partial charge in [0.15, 0.2) is 0 Å². The zero-order chi connectivity index (χ0) is 17.4. The molecule has 1 aromatic heterocycles. The van der Waals surface area contributed by atoms with Gasteiger partial charge in [-0.3, -0.25) is 4.98 Å². The van der Waals surface area contributed by atoms with E-state index in [1.807, 2.05) is 6.07 Å². The Kier molecular flexibility index (Phi) is 5.51. The lowest BCUT2D eigenvalue weighted by molar-refractivity contribution is 1.33. The van der Waals surface area contributed by atoms with E-state index in [1.54, 1.807) is 36.7 Å². The third kappa shape index (κ3) is 3.22. The Hall–Kier alpha value is -0.670. The SMILES string of the molecule is Clc1ccc(-c2ccncc2-c2ccc(Cl)c(Cl)c2Cl)c(Cl)c1Cl. The van der Waals surface area contributed by atoms with Gasteiger partial charge < -0.3 is 0 Å². The van der Waals surface area contributed by atoms with Crippen LogP contribution in [0.3, 0.4) is 0 Å². The zero-order valence-corrected chi connectivity index (χ0v) is 16.3. The molecule has 0 saturated carbocycles. The highest BCUT2D eigenvalue weighted by molar-refractivity contribution is 6.50. The number of nitrogens with zero attached hydrogens (tertiary/aromatic N) is 1. The second-order valence-corrected chi connectivity index (χ2v) is 7.19. The van der Waals surface area contributed by atoms with Crippen LogP contribution in [0.5, 0.6) is 0 Å². The van der Waals surface area contributed by atoms with E-state index in [1.165, 1.54) is 0 Å². The maximum Gasteiger partial charge on any atom is 0.0784 e. The summed E-state index contributed by atoms with van der Waals surface area (Å²) in [5, 5.41) is 2.03. The van der Waals surface area contributed by atoms with Gasteiger partial charge in [0, 0.05) is 29.1 Å². The lowest BCUT2D eigenvalue weighted by atomic mass is 9.96. The van der Waals surface area contributed by atoms with Crippen molar-refractivity contribution in [1.82, 2.24) is 4.98 Å². The molecule has 0 saturated heterocycles. The number of halogens is 6. The van der Waals surface area contributed by atoms with Crippen LogP contribution >= 0.6 is 69.6 Å². The minimum Gasteiger partial charge on any atom is -0.264 e. The van der Waals surface area contributed by atoms with Crippen molar-refractivity contribution >= 4 is 69.6 Å². The molecule has 2 aromatic carbocycles. The highest BCUT2D eigenvalue weighted by atomic mass is 35.5. The number of hydrogen-bond donors (Lipinski definition) is 0. The van der Waals surface area contributed by atoms with Crippen LogP contribution in [0, 0.1) is 0 Å². The molecule has 0 atom stereocenters. The molecule has 0 amide bonds. The fourth-order valence-corrected chi connectivity index (χ4v) is 3.59. The summed E-state index contributed by atoms with van der Waals surface area (Å²) in [5.41, 5.74) is 2.96. The van der Waals surface area contributed by atoms with E-state index in [-0.39, 0.29) is 5.02 Å². The van der Waals surface area contributed by atoms with Crippen LogP contribution in [-0.4, -0.2) is 4.98 Å². The van der Waals surface area contributed by atoms with E-state index >= 15 is 0 Å². The summed E-state index contributed by atoms with van der Waals surface area (Å²) in [6, 6.07) is 8.76. The van der Waals surface area contributed by atoms with E-state index in [0.29, 0.717) is 36.2 Å². The molecule has 0 aliphatic carbocycles. The predicted molar refractivity (Wildman–Crippen MR) is 105 cm³/mol. The van der Waals surface area contributed by atoms with Gasteiger partial charge in [0.1, 0.15) is 0 Å². The molecular weight excluding hydrogens is 431 g/mol. The molecule has 3 aromatic rings. The second-order valence-electron chi connectivity index (χ2n) is 4.87. The lowest BCUT2D eigenvalue weighted by Gasteiger charge is -2.14. The summed E-state index contributed by atoms with van der Waals surface area (Å²) >= 11 is 37.1. The topological polar surface area (TPSA) is 12.9 Å². The van der Waals surface area contributed by atoms with Crippen molar-refractivity contribution in [2.45, 2.75) is 0 Å². The van der Waals surface area contributed by atoms with Gasteiger partial charge in [-0.25, -0.2) is 0 Å². The maximum atomic E-state index is 6.37. The monoisotopic (exact) mass is 435 g/mol. The number of hydrogen-bond acceptors (Lipinski definition) is 1. The molecule has 0 unspecified atom stereocenters. The number of pyridine rings is 1. The molecule has 1 heterocycles. The molecule has 0 aliphatic heterocycles. The van der Waals surface area contributed by atoms with Crippen LogP contribution in [0.2, 0.25) is 30.1 Å². The molecular formula is C17H7Cl6N. The summed E-state index contributed by atoms with van der Waals surface area (Å²) in [6.07, 6.45) is 3.34. The van der Waals surface area contributed by atoms with Crippen molar-refractivity contribution < 1.29 is 0 Å². The molecule has 3 rings (SSSR count). The van der Waals surface area contributed by atoms with Crippen molar-refractivity contribution in [2.75, 3.05) is 0 Å². The normalized spacial score (nSPS) is 10.9. The summed E-state index contributed by atoms with van der Waals surface area (Å²) in [4.78, 5) is 4.17. The summed E-state index contributed by atoms with van der Waals surface area (Å²) in [6.45, 7) is 0. The van der Waals surface area contributed by atoms with Crippen LogP contribution < -0.4 is 0 Å². The highest BCUT2D eigenvalue weighted by Gasteiger charge is 2.17. The molecule has 0 N–H and O–H groups in total. The summed E-state index contributed by atoms with van der Waals surface area (Å²) in [5.74, 6) is 0. The Morgan fingerprint density at radius 2 is 1.00 bits per heavy atom. The van der Waals surface area contributed by atoms with Crippen LogP contribution in [-0.2, 0) is 0 Å². The van der Waals surface area contributed by atoms with Gasteiger partial charge in [-0.05, 0) is 23.8 Å². The summed E-state index contributed by atoms with van der Waals surface area (Å²) in [7, 11) is 0. The fourth-order valence-electron chi connectivity index (χ4n) is 2.31. The molecule has 0 radical (unpaired) electrons. The molecule has 122 valence electrons. The Balaban J connectivity index is 2.28. The smallest absolute Gasteiger partial charge is 0.0784 e. The first-order valence-electron chi connectivity index (χ1n) is 6.63. The minimum atomic E-state index is 0.283. The maximum absolute atomic E-state index is 6.37. The quantitative estimate of drug-likeness (QED) is 0.367. The van der Waals surface area contributed by atoms with Gasteiger partial charge >= 0.3 is 0 Å². The second kappa shape index (κ2) is 7.29. The van der Waals surface area contributed by atoms with E-state index < -0.39 is 0 Å². The van der Waals surface area contributed by atoms with Crippen LogP contribution in [0.4, 0.5) is 0 Å². The Morgan fingerprint density at radius 3 is 1.54 bits per heavy atom. The molecule has 0 fully saturated rings. The lowest BCUT2D eigenvalue weighted by Crippen LogP contribution is -1.90. The Bertz CT molecular complexity index is 862. The average molecular weight is 438 g/mol. The molecule has 0 aliphatic rings. The van der Waals surface area contributed by atoms with E-state index in [9.17, 15) is 0 Å². The van der Waals surface area contributed by atoms with E-state index in [4.69, 9.17) is 69.6 Å². The number of aromatic nitrogens is 1. The third-order valence-corrected chi connectivity index (χ3v) is 6.06. The Labute approximate surface area is 169 Å². The van der Waals surface area contributed by atoms with Crippen molar-refractivity contribution in [2.24, 2.45) is 0 Å². The molecule has 0 bridgehead atoms. The largest absolute Gasteiger partial charge is 0.264 e. The van der Waals surface area contributed by atoms with Gasteiger partial charge in [0.05, 0.1) is 30.1 Å². The highest BCUT2D eigenvalue weighted by Crippen LogP contribution is 2.44. The van der Waals surface area contributed by atoms with Crippen molar-refractivity contribution in [3.8, 4) is 22.3 Å². The molecule has 7 heteroatoms. The van der Waals surface area contributed by atoms with E-state index in [0.717, 1.165) is 11.1 Å². The standard InChI is InChI=1S/C17H7Cl6N/c18-12-3-1-9(14(20)16(12)22)8-5-6-24-7-11(8)10-2-4-13(19)17(23)15(10)21/h1-7H. The first kappa shape index (κ1) is 18.1. The third-order valence-electron chi connectivity index (χ3n) is 3.47. The predicted octanol–water partition coefficient (Wildman–Crippen LogP) is 8.34. The Morgan fingerprint density at radius 1 is 0.500 bits per heavy atom. The van der Waals surface area contributed by atoms with Crippen molar-refractivity contribution in [1.29, 1.82) is 0 Å². The molecule has 1 nitrogen and oxygen atoms in total. The van der Waals surface area contributed by atoms with Crippen molar-refractivity contribution in [3.63, 3.8) is 0 Å². The van der Waals surface area contributed by atoms with E-state index in [2.05, 4.69) is 4.98 Å².